The molecule has 0 aliphatic carbocycles. The third-order valence-electron chi connectivity index (χ3n) is 3.75. The van der Waals surface area contributed by atoms with Crippen molar-refractivity contribution in [2.45, 2.75) is 32.3 Å². The summed E-state index contributed by atoms with van der Waals surface area (Å²) >= 11 is 0. The summed E-state index contributed by atoms with van der Waals surface area (Å²) in [5.41, 5.74) is 0.289. The lowest BCUT2D eigenvalue weighted by Crippen LogP contribution is -2.42. The van der Waals surface area contributed by atoms with E-state index in [1.807, 2.05) is 44.2 Å². The summed E-state index contributed by atoms with van der Waals surface area (Å²) in [6, 6.07) is 9.33. The molecular formula is C16H20N2O3. The van der Waals surface area contributed by atoms with E-state index in [-0.39, 0.29) is 12.5 Å². The van der Waals surface area contributed by atoms with Gasteiger partial charge in [-0.05, 0) is 12.8 Å². The van der Waals surface area contributed by atoms with Gasteiger partial charge in [0.2, 0.25) is 0 Å². The zero-order valence-electron chi connectivity index (χ0n) is 12.3. The molecule has 0 unspecified atom stereocenters. The van der Waals surface area contributed by atoms with Gasteiger partial charge in [-0.25, -0.2) is 0 Å². The van der Waals surface area contributed by atoms with Gasteiger partial charge < -0.3 is 14.9 Å². The number of hydrogen-bond acceptors (Lipinski definition) is 4. The van der Waals surface area contributed by atoms with Crippen molar-refractivity contribution in [1.82, 2.24) is 10.5 Å². The van der Waals surface area contributed by atoms with E-state index in [4.69, 9.17) is 4.52 Å². The molecule has 0 spiro atoms. The van der Waals surface area contributed by atoms with E-state index in [0.717, 1.165) is 5.56 Å². The van der Waals surface area contributed by atoms with Crippen LogP contribution in [0.4, 0.5) is 0 Å². The molecule has 21 heavy (non-hydrogen) atoms. The number of amides is 1. The molecule has 112 valence electrons. The Morgan fingerprint density at radius 1 is 1.29 bits per heavy atom. The Morgan fingerprint density at radius 3 is 2.57 bits per heavy atom. The first-order chi connectivity index (χ1) is 10.1. The summed E-state index contributed by atoms with van der Waals surface area (Å²) in [4.78, 5) is 12.3. The number of aromatic nitrogens is 1. The van der Waals surface area contributed by atoms with Crippen molar-refractivity contribution in [3.05, 3.63) is 42.1 Å². The number of carbonyl (C=O) groups excluding carboxylic acids is 1. The molecule has 2 rings (SSSR count). The predicted octanol–water partition coefficient (Wildman–Crippen LogP) is 2.62. The molecule has 5 heteroatoms. The normalized spacial score (nSPS) is 11.4. The van der Waals surface area contributed by atoms with Gasteiger partial charge in [0.05, 0.1) is 11.8 Å². The Hall–Kier alpha value is -2.14. The predicted molar refractivity (Wildman–Crippen MR) is 79.8 cm³/mol. The minimum atomic E-state index is -0.875. The molecule has 0 aliphatic heterocycles. The fourth-order valence-electron chi connectivity index (χ4n) is 2.04. The molecule has 0 saturated carbocycles. The summed E-state index contributed by atoms with van der Waals surface area (Å²) in [6.07, 6.45) is 2.56. The molecular weight excluding hydrogens is 268 g/mol. The van der Waals surface area contributed by atoms with Gasteiger partial charge in [0.25, 0.3) is 5.91 Å². The second-order valence-corrected chi connectivity index (χ2v) is 5.05. The van der Waals surface area contributed by atoms with Gasteiger partial charge >= 0.3 is 0 Å². The molecule has 0 aliphatic rings. The molecule has 2 N–H and O–H groups in total. The quantitative estimate of drug-likeness (QED) is 0.856. The molecule has 1 amide bonds. The third kappa shape index (κ3) is 3.49. The summed E-state index contributed by atoms with van der Waals surface area (Å²) in [7, 11) is 0. The molecule has 1 aromatic heterocycles. The first-order valence-corrected chi connectivity index (χ1v) is 7.10. The molecule has 1 aromatic carbocycles. The largest absolute Gasteiger partial charge is 0.388 e. The van der Waals surface area contributed by atoms with Crippen molar-refractivity contribution in [2.24, 2.45) is 0 Å². The number of hydrogen-bond donors (Lipinski definition) is 2. The van der Waals surface area contributed by atoms with Crippen molar-refractivity contribution >= 4 is 5.91 Å². The average molecular weight is 288 g/mol. The first-order valence-electron chi connectivity index (χ1n) is 7.10. The Bertz CT molecular complexity index is 589. The topological polar surface area (TPSA) is 75.4 Å². The molecule has 0 fully saturated rings. The van der Waals surface area contributed by atoms with Crippen molar-refractivity contribution in [3.8, 4) is 11.3 Å². The lowest BCUT2D eigenvalue weighted by atomic mass is 9.97. The zero-order chi connectivity index (χ0) is 15.3. The number of nitrogens with zero attached hydrogens (tertiary/aromatic N) is 1. The summed E-state index contributed by atoms with van der Waals surface area (Å²) in [6.45, 7) is 3.99. The van der Waals surface area contributed by atoms with Crippen LogP contribution in [0.2, 0.25) is 0 Å². The fraction of sp³-hybridized carbons (Fsp3) is 0.375. The van der Waals surface area contributed by atoms with Crippen LogP contribution >= 0.6 is 0 Å². The van der Waals surface area contributed by atoms with Gasteiger partial charge in [0.1, 0.15) is 5.56 Å². The molecule has 0 bridgehead atoms. The van der Waals surface area contributed by atoms with Crippen LogP contribution in [0, 0.1) is 0 Å². The van der Waals surface area contributed by atoms with E-state index in [9.17, 15) is 9.90 Å². The fourth-order valence-corrected chi connectivity index (χ4v) is 2.04. The second-order valence-electron chi connectivity index (χ2n) is 5.05. The maximum atomic E-state index is 12.3. The monoisotopic (exact) mass is 288 g/mol. The van der Waals surface area contributed by atoms with Crippen LogP contribution in [0.15, 0.2) is 41.1 Å². The Kier molecular flexibility index (Phi) is 4.75. The first kappa shape index (κ1) is 15.3. The molecule has 0 radical (unpaired) electrons. The number of aliphatic hydroxyl groups is 1. The van der Waals surface area contributed by atoms with Crippen LogP contribution in [0.1, 0.15) is 37.0 Å². The number of benzene rings is 1. The van der Waals surface area contributed by atoms with Crippen LogP contribution in [-0.4, -0.2) is 28.3 Å². The van der Waals surface area contributed by atoms with Crippen LogP contribution in [0.5, 0.6) is 0 Å². The van der Waals surface area contributed by atoms with Gasteiger partial charge in [-0.2, -0.15) is 0 Å². The van der Waals surface area contributed by atoms with E-state index in [0.29, 0.717) is 24.2 Å². The standard InChI is InChI=1S/C16H20N2O3/c1-3-16(20,4-2)11-17-15(19)13-10-18-21-14(13)12-8-6-5-7-9-12/h5-10,20H,3-4,11H2,1-2H3,(H,17,19). The van der Waals surface area contributed by atoms with E-state index in [1.165, 1.54) is 6.20 Å². The highest BCUT2D eigenvalue weighted by Gasteiger charge is 2.24. The minimum Gasteiger partial charge on any atom is -0.388 e. The molecule has 0 saturated heterocycles. The van der Waals surface area contributed by atoms with Gasteiger partial charge in [-0.1, -0.05) is 49.3 Å². The van der Waals surface area contributed by atoms with Crippen molar-refractivity contribution in [1.29, 1.82) is 0 Å². The molecule has 5 nitrogen and oxygen atoms in total. The maximum absolute atomic E-state index is 12.3. The van der Waals surface area contributed by atoms with Crippen molar-refractivity contribution < 1.29 is 14.4 Å². The molecule has 0 atom stereocenters. The summed E-state index contributed by atoms with van der Waals surface area (Å²) in [5.74, 6) is 0.139. The Labute approximate surface area is 124 Å². The maximum Gasteiger partial charge on any atom is 0.257 e. The lowest BCUT2D eigenvalue weighted by molar-refractivity contribution is 0.0314. The van der Waals surface area contributed by atoms with Crippen molar-refractivity contribution in [3.63, 3.8) is 0 Å². The van der Waals surface area contributed by atoms with Crippen LogP contribution in [0.25, 0.3) is 11.3 Å². The summed E-state index contributed by atoms with van der Waals surface area (Å²) < 4.78 is 5.18. The molecule has 1 heterocycles. The highest BCUT2D eigenvalue weighted by molar-refractivity contribution is 5.99. The number of carbonyl (C=O) groups is 1. The van der Waals surface area contributed by atoms with Crippen LogP contribution < -0.4 is 5.32 Å². The van der Waals surface area contributed by atoms with E-state index in [2.05, 4.69) is 10.5 Å². The van der Waals surface area contributed by atoms with E-state index >= 15 is 0 Å². The van der Waals surface area contributed by atoms with Crippen molar-refractivity contribution in [2.75, 3.05) is 6.54 Å². The SMILES string of the molecule is CCC(O)(CC)CNC(=O)c1cnoc1-c1ccccc1. The van der Waals surface area contributed by atoms with Crippen LogP contribution in [-0.2, 0) is 0 Å². The Balaban J connectivity index is 2.13. The lowest BCUT2D eigenvalue weighted by Gasteiger charge is -2.25. The highest BCUT2D eigenvalue weighted by Crippen LogP contribution is 2.23. The highest BCUT2D eigenvalue weighted by atomic mass is 16.5. The smallest absolute Gasteiger partial charge is 0.257 e. The summed E-state index contributed by atoms with van der Waals surface area (Å²) in [5, 5.41) is 16.7. The van der Waals surface area contributed by atoms with Gasteiger partial charge in [-0.15, -0.1) is 0 Å². The zero-order valence-corrected chi connectivity index (χ0v) is 12.3. The Morgan fingerprint density at radius 2 is 1.95 bits per heavy atom. The number of nitrogens with one attached hydrogen (secondary N) is 1. The second kappa shape index (κ2) is 6.54. The average Bonchev–Trinajstić information content (AvgIpc) is 3.03. The van der Waals surface area contributed by atoms with Gasteiger partial charge in [0, 0.05) is 12.1 Å². The number of rotatable bonds is 6. The van der Waals surface area contributed by atoms with Crippen LogP contribution in [0.3, 0.4) is 0 Å². The minimum absolute atomic E-state index is 0.207. The molecule has 2 aromatic rings. The van der Waals surface area contributed by atoms with Gasteiger partial charge in [-0.3, -0.25) is 4.79 Å². The third-order valence-corrected chi connectivity index (χ3v) is 3.75. The van der Waals surface area contributed by atoms with E-state index in [1.54, 1.807) is 0 Å². The van der Waals surface area contributed by atoms with E-state index < -0.39 is 5.60 Å². The van der Waals surface area contributed by atoms with Gasteiger partial charge in [0.15, 0.2) is 5.76 Å².